The number of rotatable bonds is 0. The number of nitrogens with zero attached hydrogens (tertiary/aromatic N) is 2. The van der Waals surface area contributed by atoms with E-state index in [1.54, 1.807) is 0 Å². The fraction of sp³-hybridized carbons (Fsp3) is 0.500. The van der Waals surface area contributed by atoms with Crippen LogP contribution in [0.15, 0.2) is 24.3 Å². The van der Waals surface area contributed by atoms with E-state index in [2.05, 4.69) is 6.07 Å². The SMILES string of the molecule is NC1Cc2ccccc2N(C(=O)N2CCCC2)C1. The summed E-state index contributed by atoms with van der Waals surface area (Å²) < 4.78 is 0. The van der Waals surface area contributed by atoms with E-state index in [1.807, 2.05) is 28.0 Å². The molecule has 1 atom stereocenters. The van der Waals surface area contributed by atoms with Gasteiger partial charge in [0.25, 0.3) is 0 Å². The average molecular weight is 245 g/mol. The summed E-state index contributed by atoms with van der Waals surface area (Å²) >= 11 is 0. The number of carbonyl (C=O) groups is 1. The van der Waals surface area contributed by atoms with Crippen LogP contribution in [-0.2, 0) is 6.42 Å². The van der Waals surface area contributed by atoms with E-state index in [9.17, 15) is 4.79 Å². The van der Waals surface area contributed by atoms with Gasteiger partial charge in [-0.1, -0.05) is 18.2 Å². The highest BCUT2D eigenvalue weighted by atomic mass is 16.2. The van der Waals surface area contributed by atoms with E-state index in [1.165, 1.54) is 5.56 Å². The summed E-state index contributed by atoms with van der Waals surface area (Å²) in [7, 11) is 0. The summed E-state index contributed by atoms with van der Waals surface area (Å²) in [5, 5.41) is 0. The Labute approximate surface area is 107 Å². The van der Waals surface area contributed by atoms with Crippen molar-refractivity contribution in [3.05, 3.63) is 29.8 Å². The van der Waals surface area contributed by atoms with Crippen molar-refractivity contribution in [3.63, 3.8) is 0 Å². The van der Waals surface area contributed by atoms with Crippen molar-refractivity contribution in [2.45, 2.75) is 25.3 Å². The van der Waals surface area contributed by atoms with E-state index >= 15 is 0 Å². The Morgan fingerprint density at radius 1 is 1.22 bits per heavy atom. The Morgan fingerprint density at radius 3 is 2.72 bits per heavy atom. The third kappa shape index (κ3) is 1.97. The van der Waals surface area contributed by atoms with Gasteiger partial charge in [0.1, 0.15) is 0 Å². The van der Waals surface area contributed by atoms with Gasteiger partial charge in [-0.15, -0.1) is 0 Å². The third-order valence-corrected chi connectivity index (χ3v) is 3.79. The predicted octanol–water partition coefficient (Wildman–Crippen LogP) is 1.59. The quantitative estimate of drug-likeness (QED) is 0.754. The van der Waals surface area contributed by atoms with Crippen LogP contribution >= 0.6 is 0 Å². The highest BCUT2D eigenvalue weighted by Crippen LogP contribution is 2.28. The smallest absolute Gasteiger partial charge is 0.324 e. The number of carbonyl (C=O) groups excluding carboxylic acids is 1. The molecule has 0 aliphatic carbocycles. The Hall–Kier alpha value is -1.55. The van der Waals surface area contributed by atoms with Crippen LogP contribution in [0.2, 0.25) is 0 Å². The molecule has 0 saturated carbocycles. The molecule has 3 rings (SSSR count). The molecule has 2 heterocycles. The predicted molar refractivity (Wildman–Crippen MR) is 71.7 cm³/mol. The molecular weight excluding hydrogens is 226 g/mol. The average Bonchev–Trinajstić information content (AvgIpc) is 2.90. The normalized spacial score (nSPS) is 23.1. The molecular formula is C14H19N3O. The monoisotopic (exact) mass is 245 g/mol. The van der Waals surface area contributed by atoms with Crippen molar-refractivity contribution in [1.82, 2.24) is 4.90 Å². The second-order valence-electron chi connectivity index (χ2n) is 5.18. The zero-order valence-electron chi connectivity index (χ0n) is 10.5. The van der Waals surface area contributed by atoms with Crippen LogP contribution in [0.5, 0.6) is 0 Å². The van der Waals surface area contributed by atoms with Gasteiger partial charge >= 0.3 is 6.03 Å². The summed E-state index contributed by atoms with van der Waals surface area (Å²) in [5.74, 6) is 0. The second kappa shape index (κ2) is 4.61. The molecule has 1 aromatic rings. The fourth-order valence-electron chi connectivity index (χ4n) is 2.89. The van der Waals surface area contributed by atoms with Crippen molar-refractivity contribution >= 4 is 11.7 Å². The highest BCUT2D eigenvalue weighted by molar-refractivity contribution is 5.93. The first-order valence-electron chi connectivity index (χ1n) is 6.65. The summed E-state index contributed by atoms with van der Waals surface area (Å²) in [6, 6.07) is 8.25. The Balaban J connectivity index is 1.89. The number of hydrogen-bond acceptors (Lipinski definition) is 2. The maximum absolute atomic E-state index is 12.5. The first-order valence-corrected chi connectivity index (χ1v) is 6.65. The molecule has 2 amide bonds. The maximum atomic E-state index is 12.5. The molecule has 0 aromatic heterocycles. The van der Waals surface area contributed by atoms with E-state index in [0.717, 1.165) is 38.0 Å². The molecule has 1 saturated heterocycles. The Bertz CT molecular complexity index is 454. The van der Waals surface area contributed by atoms with Gasteiger partial charge in [0.05, 0.1) is 0 Å². The summed E-state index contributed by atoms with van der Waals surface area (Å²) in [4.78, 5) is 16.3. The molecule has 2 aliphatic heterocycles. The number of nitrogens with two attached hydrogens (primary N) is 1. The molecule has 2 aliphatic rings. The number of anilines is 1. The van der Waals surface area contributed by atoms with Gasteiger partial charge in [0, 0.05) is 31.4 Å². The van der Waals surface area contributed by atoms with Crippen LogP contribution in [0.4, 0.5) is 10.5 Å². The summed E-state index contributed by atoms with van der Waals surface area (Å²) in [5.41, 5.74) is 8.29. The van der Waals surface area contributed by atoms with Crippen molar-refractivity contribution in [2.75, 3.05) is 24.5 Å². The van der Waals surface area contributed by atoms with E-state index in [-0.39, 0.29) is 12.1 Å². The Kier molecular flexibility index (Phi) is 2.96. The standard InChI is InChI=1S/C14H19N3O/c15-12-9-11-5-1-2-6-13(11)17(10-12)14(18)16-7-3-4-8-16/h1-2,5-6,12H,3-4,7-10,15H2. The number of urea groups is 1. The molecule has 1 fully saturated rings. The van der Waals surface area contributed by atoms with E-state index in [4.69, 9.17) is 5.73 Å². The molecule has 0 bridgehead atoms. The number of hydrogen-bond donors (Lipinski definition) is 1. The van der Waals surface area contributed by atoms with Crippen LogP contribution in [0, 0.1) is 0 Å². The molecule has 1 aromatic carbocycles. The zero-order chi connectivity index (χ0) is 12.5. The van der Waals surface area contributed by atoms with Crippen LogP contribution < -0.4 is 10.6 Å². The van der Waals surface area contributed by atoms with Gasteiger partial charge in [-0.2, -0.15) is 0 Å². The van der Waals surface area contributed by atoms with Crippen LogP contribution in [0.3, 0.4) is 0 Å². The molecule has 18 heavy (non-hydrogen) atoms. The summed E-state index contributed by atoms with van der Waals surface area (Å²) in [6.45, 7) is 2.39. The van der Waals surface area contributed by atoms with Crippen molar-refractivity contribution in [3.8, 4) is 0 Å². The minimum absolute atomic E-state index is 0.0476. The number of fused-ring (bicyclic) bond motifs is 1. The molecule has 4 nitrogen and oxygen atoms in total. The molecule has 4 heteroatoms. The van der Waals surface area contributed by atoms with Crippen molar-refractivity contribution in [1.29, 1.82) is 0 Å². The van der Waals surface area contributed by atoms with E-state index < -0.39 is 0 Å². The molecule has 0 radical (unpaired) electrons. The maximum Gasteiger partial charge on any atom is 0.324 e. The third-order valence-electron chi connectivity index (χ3n) is 3.79. The summed E-state index contributed by atoms with van der Waals surface area (Å²) in [6.07, 6.45) is 3.10. The number of likely N-dealkylation sites (tertiary alicyclic amines) is 1. The fourth-order valence-corrected chi connectivity index (χ4v) is 2.89. The first kappa shape index (κ1) is 11.5. The van der Waals surface area contributed by atoms with Crippen molar-refractivity contribution < 1.29 is 4.79 Å². The van der Waals surface area contributed by atoms with Gasteiger partial charge in [-0.25, -0.2) is 4.79 Å². The lowest BCUT2D eigenvalue weighted by Crippen LogP contribution is -2.50. The van der Waals surface area contributed by atoms with Gasteiger partial charge in [-0.3, -0.25) is 4.90 Å². The Morgan fingerprint density at radius 2 is 1.94 bits per heavy atom. The lowest BCUT2D eigenvalue weighted by atomic mass is 9.99. The lowest BCUT2D eigenvalue weighted by Gasteiger charge is -2.35. The largest absolute Gasteiger partial charge is 0.326 e. The molecule has 1 unspecified atom stereocenters. The lowest BCUT2D eigenvalue weighted by molar-refractivity contribution is 0.214. The highest BCUT2D eigenvalue weighted by Gasteiger charge is 2.30. The zero-order valence-corrected chi connectivity index (χ0v) is 10.5. The minimum Gasteiger partial charge on any atom is -0.326 e. The van der Waals surface area contributed by atoms with E-state index in [0.29, 0.717) is 6.54 Å². The van der Waals surface area contributed by atoms with Gasteiger partial charge in [0.15, 0.2) is 0 Å². The number of amides is 2. The molecule has 2 N–H and O–H groups in total. The van der Waals surface area contributed by atoms with Crippen LogP contribution in [-0.4, -0.2) is 36.6 Å². The van der Waals surface area contributed by atoms with Gasteiger partial charge in [-0.05, 0) is 30.9 Å². The topological polar surface area (TPSA) is 49.6 Å². The minimum atomic E-state index is 0.0476. The number of para-hydroxylation sites is 1. The van der Waals surface area contributed by atoms with Crippen molar-refractivity contribution in [2.24, 2.45) is 5.73 Å². The first-order chi connectivity index (χ1) is 8.75. The number of benzene rings is 1. The van der Waals surface area contributed by atoms with Gasteiger partial charge in [0.2, 0.25) is 0 Å². The molecule has 0 spiro atoms. The van der Waals surface area contributed by atoms with Crippen LogP contribution in [0.1, 0.15) is 18.4 Å². The van der Waals surface area contributed by atoms with Gasteiger partial charge < -0.3 is 10.6 Å². The second-order valence-corrected chi connectivity index (χ2v) is 5.18. The van der Waals surface area contributed by atoms with Crippen LogP contribution in [0.25, 0.3) is 0 Å². The molecule has 96 valence electrons.